The average Bonchev–Trinajstić information content (AvgIpc) is 3.41. The quantitative estimate of drug-likeness (QED) is 0.198. The van der Waals surface area contributed by atoms with Crippen molar-refractivity contribution in [2.45, 2.75) is 93.2 Å². The van der Waals surface area contributed by atoms with Crippen LogP contribution in [0.2, 0.25) is 0 Å². The number of halogens is 3. The number of aryl methyl sites for hydroxylation is 3. The Morgan fingerprint density at radius 1 is 0.654 bits per heavy atom. The molecule has 2 amide bonds. The SMILES string of the molecule is Cc1ccc(S(=O)(=O)C(C)(C)C(=O)Nc2cc(C(C)(C)C)nn2C)cc1.Cc1ccc(S(=O)(=O)C(C)(C)C(=O)Nc2cccc(C(F)(F)F)n2)cc1. The fourth-order valence-corrected chi connectivity index (χ4v) is 7.17. The summed E-state index contributed by atoms with van der Waals surface area (Å²) in [6.07, 6.45) is -4.68. The van der Waals surface area contributed by atoms with Crippen molar-refractivity contribution in [3.63, 3.8) is 0 Å². The Morgan fingerprint density at radius 3 is 1.46 bits per heavy atom. The van der Waals surface area contributed by atoms with Gasteiger partial charge in [-0.15, -0.1) is 0 Å². The normalized spacial score (nSPS) is 12.8. The van der Waals surface area contributed by atoms with E-state index in [1.54, 1.807) is 49.0 Å². The van der Waals surface area contributed by atoms with Crippen molar-refractivity contribution in [2.24, 2.45) is 7.05 Å². The molecule has 0 unspecified atom stereocenters. The molecular formula is C36H44F3N5O6S2. The van der Waals surface area contributed by atoms with Gasteiger partial charge in [-0.25, -0.2) is 21.8 Å². The fourth-order valence-electron chi connectivity index (χ4n) is 4.41. The molecule has 0 fully saturated rings. The first-order chi connectivity index (χ1) is 23.6. The topological polar surface area (TPSA) is 157 Å². The zero-order valence-electron chi connectivity index (χ0n) is 30.7. The maximum atomic E-state index is 13.0. The zero-order chi connectivity index (χ0) is 39.7. The molecule has 4 aromatic rings. The molecule has 11 nitrogen and oxygen atoms in total. The number of rotatable bonds is 8. The summed E-state index contributed by atoms with van der Waals surface area (Å²) in [5.41, 5.74) is 1.25. The number of sulfone groups is 2. The van der Waals surface area contributed by atoms with Gasteiger partial charge in [0, 0.05) is 18.5 Å². The zero-order valence-corrected chi connectivity index (χ0v) is 32.3. The van der Waals surface area contributed by atoms with Crippen LogP contribution in [0.15, 0.2) is 82.6 Å². The number of nitrogens with zero attached hydrogens (tertiary/aromatic N) is 3. The van der Waals surface area contributed by atoms with Crippen molar-refractivity contribution in [3.05, 3.63) is 95.3 Å². The average molecular weight is 764 g/mol. The first-order valence-corrected chi connectivity index (χ1v) is 18.9. The third kappa shape index (κ3) is 9.07. The van der Waals surface area contributed by atoms with Crippen LogP contribution >= 0.6 is 0 Å². The minimum atomic E-state index is -4.68. The van der Waals surface area contributed by atoms with E-state index < -0.39 is 52.9 Å². The largest absolute Gasteiger partial charge is 0.433 e. The van der Waals surface area contributed by atoms with Gasteiger partial charge in [0.25, 0.3) is 0 Å². The lowest BCUT2D eigenvalue weighted by atomic mass is 9.92. The van der Waals surface area contributed by atoms with E-state index in [-0.39, 0.29) is 21.0 Å². The molecule has 282 valence electrons. The second kappa shape index (κ2) is 14.8. The lowest BCUT2D eigenvalue weighted by molar-refractivity contribution is -0.141. The molecule has 0 atom stereocenters. The summed E-state index contributed by atoms with van der Waals surface area (Å²) in [5.74, 6) is -1.49. The number of alkyl halides is 3. The molecule has 4 rings (SSSR count). The molecule has 0 bridgehead atoms. The second-order valence-electron chi connectivity index (χ2n) is 14.3. The van der Waals surface area contributed by atoms with Gasteiger partial charge in [-0.05, 0) is 77.9 Å². The van der Waals surface area contributed by atoms with Crippen LogP contribution in [0.1, 0.15) is 71.0 Å². The molecule has 0 aliphatic carbocycles. The Morgan fingerprint density at radius 2 is 1.08 bits per heavy atom. The molecule has 16 heteroatoms. The van der Waals surface area contributed by atoms with Crippen LogP contribution in [0.4, 0.5) is 24.8 Å². The van der Waals surface area contributed by atoms with Gasteiger partial charge in [0.15, 0.2) is 19.7 Å². The summed E-state index contributed by atoms with van der Waals surface area (Å²) in [6, 6.07) is 17.2. The van der Waals surface area contributed by atoms with Gasteiger partial charge in [-0.1, -0.05) is 62.2 Å². The second-order valence-corrected chi connectivity index (χ2v) is 19.3. The molecule has 2 aromatic heterocycles. The first-order valence-electron chi connectivity index (χ1n) is 16.0. The minimum absolute atomic E-state index is 0.0553. The predicted octanol–water partition coefficient (Wildman–Crippen LogP) is 6.82. The van der Waals surface area contributed by atoms with Gasteiger partial charge in [0.2, 0.25) is 11.8 Å². The summed E-state index contributed by atoms with van der Waals surface area (Å²) < 4.78 is 87.6. The number of benzene rings is 2. The highest BCUT2D eigenvalue weighted by molar-refractivity contribution is 7.94. The Bertz CT molecular complexity index is 2150. The van der Waals surface area contributed by atoms with Crippen molar-refractivity contribution >= 4 is 43.1 Å². The maximum absolute atomic E-state index is 13.0. The van der Waals surface area contributed by atoms with Crippen LogP contribution in [0, 0.1) is 13.8 Å². The smallest absolute Gasteiger partial charge is 0.310 e. The molecule has 2 N–H and O–H groups in total. The number of aromatic nitrogens is 3. The number of pyridine rings is 1. The Kier molecular flexibility index (Phi) is 11.9. The summed E-state index contributed by atoms with van der Waals surface area (Å²) in [7, 11) is -6.21. The molecule has 0 spiro atoms. The number of amides is 2. The molecule has 2 heterocycles. The van der Waals surface area contributed by atoms with Gasteiger partial charge < -0.3 is 10.6 Å². The Balaban J connectivity index is 0.000000280. The van der Waals surface area contributed by atoms with E-state index in [0.29, 0.717) is 5.82 Å². The highest BCUT2D eigenvalue weighted by Crippen LogP contribution is 2.31. The van der Waals surface area contributed by atoms with E-state index in [1.807, 2.05) is 27.7 Å². The van der Waals surface area contributed by atoms with Gasteiger partial charge in [0.1, 0.15) is 26.8 Å². The van der Waals surface area contributed by atoms with E-state index >= 15 is 0 Å². The summed E-state index contributed by atoms with van der Waals surface area (Å²) in [4.78, 5) is 28.7. The third-order valence-electron chi connectivity index (χ3n) is 8.27. The van der Waals surface area contributed by atoms with E-state index in [0.717, 1.165) is 35.0 Å². The van der Waals surface area contributed by atoms with Gasteiger partial charge in [0.05, 0.1) is 15.5 Å². The number of hydrogen-bond donors (Lipinski definition) is 2. The molecule has 0 radical (unpaired) electrons. The van der Waals surface area contributed by atoms with Crippen LogP contribution in [-0.2, 0) is 47.9 Å². The van der Waals surface area contributed by atoms with Crippen LogP contribution in [-0.4, -0.2) is 52.9 Å². The molecule has 0 aliphatic heterocycles. The number of carbonyl (C=O) groups excluding carboxylic acids is 2. The number of anilines is 2. The third-order valence-corrected chi connectivity index (χ3v) is 13.1. The molecule has 0 saturated carbocycles. The standard InChI is InChI=1S/C19H27N3O3S.C17H17F3N2O3S/c1-13-8-10-14(11-9-13)26(24,25)19(5,6)17(23)20-16-12-15(18(2,3)4)21-22(16)7;1-11-7-9-12(10-8-11)26(24,25)16(2,3)15(23)22-14-6-4-5-13(21-14)17(18,19)20/h8-12H,1-7H3,(H,20,23);4-10H,1-3H3,(H,21,22,23). The predicted molar refractivity (Wildman–Crippen MR) is 193 cm³/mol. The van der Waals surface area contributed by atoms with E-state index in [1.165, 1.54) is 52.0 Å². The summed E-state index contributed by atoms with van der Waals surface area (Å²) >= 11 is 0. The lowest BCUT2D eigenvalue weighted by Crippen LogP contribution is -2.44. The van der Waals surface area contributed by atoms with Crippen LogP contribution < -0.4 is 10.6 Å². The van der Waals surface area contributed by atoms with Crippen molar-refractivity contribution in [3.8, 4) is 0 Å². The lowest BCUT2D eigenvalue weighted by Gasteiger charge is -2.24. The van der Waals surface area contributed by atoms with Crippen molar-refractivity contribution < 1.29 is 39.6 Å². The highest BCUT2D eigenvalue weighted by atomic mass is 32.2. The summed E-state index contributed by atoms with van der Waals surface area (Å²) in [6.45, 7) is 14.9. The molecule has 52 heavy (non-hydrogen) atoms. The van der Waals surface area contributed by atoms with E-state index in [2.05, 4.69) is 20.7 Å². The Labute approximate surface area is 302 Å². The minimum Gasteiger partial charge on any atom is -0.310 e. The van der Waals surface area contributed by atoms with Gasteiger partial charge >= 0.3 is 6.18 Å². The number of hydrogen-bond acceptors (Lipinski definition) is 8. The first kappa shape index (κ1) is 41.8. The van der Waals surface area contributed by atoms with E-state index in [4.69, 9.17) is 0 Å². The monoisotopic (exact) mass is 763 g/mol. The fraction of sp³-hybridized carbons (Fsp3) is 0.389. The molecule has 0 saturated heterocycles. The van der Waals surface area contributed by atoms with Crippen molar-refractivity contribution in [1.82, 2.24) is 14.8 Å². The number of nitrogens with one attached hydrogen (secondary N) is 2. The molecule has 2 aromatic carbocycles. The van der Waals surface area contributed by atoms with Crippen LogP contribution in [0.5, 0.6) is 0 Å². The highest BCUT2D eigenvalue weighted by Gasteiger charge is 2.44. The van der Waals surface area contributed by atoms with E-state index in [9.17, 15) is 39.6 Å². The van der Waals surface area contributed by atoms with Crippen LogP contribution in [0.25, 0.3) is 0 Å². The Hall–Kier alpha value is -4.57. The maximum Gasteiger partial charge on any atom is 0.433 e. The number of carbonyl (C=O) groups is 2. The van der Waals surface area contributed by atoms with Gasteiger partial charge in [-0.2, -0.15) is 18.3 Å². The summed E-state index contributed by atoms with van der Waals surface area (Å²) in [5, 5.41) is 9.26. The van der Waals surface area contributed by atoms with Gasteiger partial charge in [-0.3, -0.25) is 14.3 Å². The molecule has 0 aliphatic rings. The van der Waals surface area contributed by atoms with Crippen molar-refractivity contribution in [1.29, 1.82) is 0 Å². The molecular weight excluding hydrogens is 720 g/mol. The van der Waals surface area contributed by atoms with Crippen molar-refractivity contribution in [2.75, 3.05) is 10.6 Å². The van der Waals surface area contributed by atoms with Crippen LogP contribution in [0.3, 0.4) is 0 Å².